The standard InChI is InChI=1S/C44H56N6O6/c1-43(2,47-27-31-11-9-13-33(25-31)29-55-37-19-15-35(16-20-37)39(45)49-41(51)53-5)23-7-8-24-44(3,4)48-28-32-12-10-14-34(26-32)30-56-38-21-17-36(18-22-38)40(46)50-42(52)54-6/h9-22,25-26,47-48H,7-8,23-24,27-30H2,1-6H3,(H2,45,49,51)(H2,46,50,52). The number of unbranched alkanes of at least 4 members (excludes halogenated alkanes) is 1. The summed E-state index contributed by atoms with van der Waals surface area (Å²) < 4.78 is 21.1. The molecule has 2 amide bonds. The molecule has 0 saturated carbocycles. The Balaban J connectivity index is 1.14. The van der Waals surface area contributed by atoms with Gasteiger partial charge in [0.05, 0.1) is 14.2 Å². The fourth-order valence-corrected chi connectivity index (χ4v) is 5.87. The lowest BCUT2D eigenvalue weighted by Crippen LogP contribution is -2.40. The molecule has 4 rings (SSSR count). The Bertz CT molecular complexity index is 1770. The molecule has 0 radical (unpaired) electrons. The van der Waals surface area contributed by atoms with Gasteiger partial charge in [-0.05, 0) is 111 Å². The SMILES string of the molecule is COC(=O)NC(=N)c1ccc(OCc2cccc(CNC(C)(C)CCCCC(C)(C)NCc3cccc(COc4ccc(C(=N)NC(=O)OC)cc4)c3)c2)cc1. The van der Waals surface area contributed by atoms with E-state index >= 15 is 0 Å². The molecule has 56 heavy (non-hydrogen) atoms. The normalized spacial score (nSPS) is 11.3. The van der Waals surface area contributed by atoms with Crippen molar-refractivity contribution in [1.82, 2.24) is 21.3 Å². The minimum atomic E-state index is -0.680. The van der Waals surface area contributed by atoms with E-state index in [0.717, 1.165) is 49.9 Å². The van der Waals surface area contributed by atoms with Crippen molar-refractivity contribution in [3.63, 3.8) is 0 Å². The van der Waals surface area contributed by atoms with E-state index in [-0.39, 0.29) is 22.7 Å². The highest BCUT2D eigenvalue weighted by Crippen LogP contribution is 2.21. The van der Waals surface area contributed by atoms with Crippen LogP contribution < -0.4 is 30.7 Å². The predicted molar refractivity (Wildman–Crippen MR) is 219 cm³/mol. The van der Waals surface area contributed by atoms with Gasteiger partial charge in [-0.15, -0.1) is 0 Å². The van der Waals surface area contributed by atoms with Gasteiger partial charge in [0.25, 0.3) is 0 Å². The zero-order valence-electron chi connectivity index (χ0n) is 33.3. The molecule has 0 unspecified atom stereocenters. The lowest BCUT2D eigenvalue weighted by Gasteiger charge is -2.29. The molecule has 0 atom stereocenters. The highest BCUT2D eigenvalue weighted by atomic mass is 16.5. The molecule has 0 aliphatic rings. The van der Waals surface area contributed by atoms with Gasteiger partial charge in [0.15, 0.2) is 0 Å². The van der Waals surface area contributed by atoms with E-state index in [9.17, 15) is 9.59 Å². The second-order valence-electron chi connectivity index (χ2n) is 14.9. The summed E-state index contributed by atoms with van der Waals surface area (Å²) in [6.07, 6.45) is 3.00. The van der Waals surface area contributed by atoms with E-state index < -0.39 is 12.2 Å². The monoisotopic (exact) mass is 764 g/mol. The van der Waals surface area contributed by atoms with Crippen LogP contribution in [0.3, 0.4) is 0 Å². The van der Waals surface area contributed by atoms with Crippen molar-refractivity contribution in [2.24, 2.45) is 0 Å². The molecule has 6 N–H and O–H groups in total. The number of rotatable bonds is 19. The number of methoxy groups -OCH3 is 2. The second-order valence-corrected chi connectivity index (χ2v) is 14.9. The third-order valence-corrected chi connectivity index (χ3v) is 9.30. The molecule has 298 valence electrons. The van der Waals surface area contributed by atoms with Gasteiger partial charge in [0.1, 0.15) is 36.4 Å². The molecule has 0 aliphatic heterocycles. The molecule has 0 bridgehead atoms. The maximum absolute atomic E-state index is 11.4. The maximum atomic E-state index is 11.4. The van der Waals surface area contributed by atoms with Gasteiger partial charge in [-0.1, -0.05) is 61.4 Å². The van der Waals surface area contributed by atoms with Crippen LogP contribution in [0.5, 0.6) is 11.5 Å². The summed E-state index contributed by atoms with van der Waals surface area (Å²) in [5.41, 5.74) is 5.60. The van der Waals surface area contributed by atoms with Crippen LogP contribution in [0, 0.1) is 10.8 Å². The maximum Gasteiger partial charge on any atom is 0.412 e. The molecule has 0 aliphatic carbocycles. The Hall–Kier alpha value is -5.72. The Kier molecular flexibility index (Phi) is 16.0. The van der Waals surface area contributed by atoms with Gasteiger partial charge in [0.2, 0.25) is 0 Å². The summed E-state index contributed by atoms with van der Waals surface area (Å²) >= 11 is 0. The summed E-state index contributed by atoms with van der Waals surface area (Å²) in [5.74, 6) is 1.28. The van der Waals surface area contributed by atoms with E-state index in [1.54, 1.807) is 48.5 Å². The summed E-state index contributed by atoms with van der Waals surface area (Å²) in [6, 6.07) is 30.8. The highest BCUT2D eigenvalue weighted by molar-refractivity contribution is 6.05. The van der Waals surface area contributed by atoms with E-state index in [4.69, 9.17) is 20.3 Å². The topological polar surface area (TPSA) is 167 Å². The van der Waals surface area contributed by atoms with Crippen molar-refractivity contribution < 1.29 is 28.5 Å². The third kappa shape index (κ3) is 14.8. The van der Waals surface area contributed by atoms with Crippen LogP contribution in [0.15, 0.2) is 97.1 Å². The van der Waals surface area contributed by atoms with Crippen LogP contribution in [0.1, 0.15) is 86.8 Å². The van der Waals surface area contributed by atoms with Gasteiger partial charge in [-0.3, -0.25) is 21.5 Å². The first-order valence-electron chi connectivity index (χ1n) is 18.7. The molecule has 0 saturated heterocycles. The smallest absolute Gasteiger partial charge is 0.412 e. The first-order valence-corrected chi connectivity index (χ1v) is 18.7. The van der Waals surface area contributed by atoms with Crippen LogP contribution in [0.25, 0.3) is 0 Å². The molecule has 4 aromatic carbocycles. The molecule has 0 spiro atoms. The number of benzene rings is 4. The summed E-state index contributed by atoms with van der Waals surface area (Å²) in [5, 5.41) is 28.1. The van der Waals surface area contributed by atoms with Crippen LogP contribution in [-0.2, 0) is 35.8 Å². The fraction of sp³-hybridized carbons (Fsp3) is 0.364. The Labute approximate surface area is 330 Å². The van der Waals surface area contributed by atoms with E-state index in [0.29, 0.717) is 35.8 Å². The number of amides is 2. The number of carbonyl (C=O) groups is 2. The number of carbonyl (C=O) groups excluding carboxylic acids is 2. The van der Waals surface area contributed by atoms with Crippen molar-refractivity contribution >= 4 is 23.9 Å². The van der Waals surface area contributed by atoms with Crippen molar-refractivity contribution in [2.45, 2.75) is 90.8 Å². The number of amidine groups is 2. The zero-order chi connectivity index (χ0) is 40.6. The van der Waals surface area contributed by atoms with Gasteiger partial charge in [-0.2, -0.15) is 0 Å². The van der Waals surface area contributed by atoms with Crippen LogP contribution in [0.2, 0.25) is 0 Å². The van der Waals surface area contributed by atoms with E-state index in [2.05, 4.69) is 94.8 Å². The minimum Gasteiger partial charge on any atom is -0.489 e. The quantitative estimate of drug-likeness (QED) is 0.0316. The first kappa shape index (κ1) is 43.0. The number of hydrogen-bond donors (Lipinski definition) is 6. The summed E-state index contributed by atoms with van der Waals surface area (Å²) in [6.45, 7) is 11.4. The lowest BCUT2D eigenvalue weighted by molar-refractivity contribution is 0.176. The number of nitrogens with one attached hydrogen (secondary N) is 6. The molecule has 0 heterocycles. The number of alkyl carbamates (subject to hydrolysis) is 2. The Morgan fingerprint density at radius 3 is 1.27 bits per heavy atom. The number of ether oxygens (including phenoxy) is 4. The first-order chi connectivity index (χ1) is 26.7. The Morgan fingerprint density at radius 2 is 0.911 bits per heavy atom. The molecule has 4 aromatic rings. The molecular formula is C44H56N6O6. The van der Waals surface area contributed by atoms with Crippen LogP contribution in [0.4, 0.5) is 9.59 Å². The average Bonchev–Trinajstić information content (AvgIpc) is 3.20. The van der Waals surface area contributed by atoms with Gasteiger partial charge < -0.3 is 29.6 Å². The molecular weight excluding hydrogens is 709 g/mol. The van der Waals surface area contributed by atoms with Crippen molar-refractivity contribution in [2.75, 3.05) is 14.2 Å². The fourth-order valence-electron chi connectivity index (χ4n) is 5.87. The molecule has 12 nitrogen and oxygen atoms in total. The van der Waals surface area contributed by atoms with Gasteiger partial charge >= 0.3 is 12.2 Å². The number of hydrogen-bond acceptors (Lipinski definition) is 10. The lowest BCUT2D eigenvalue weighted by atomic mass is 9.91. The van der Waals surface area contributed by atoms with Crippen molar-refractivity contribution in [3.8, 4) is 11.5 Å². The summed E-state index contributed by atoms with van der Waals surface area (Å²) in [7, 11) is 2.52. The van der Waals surface area contributed by atoms with Crippen molar-refractivity contribution in [1.29, 1.82) is 10.8 Å². The van der Waals surface area contributed by atoms with Gasteiger partial charge in [0, 0.05) is 35.3 Å². The second kappa shape index (κ2) is 20.8. The van der Waals surface area contributed by atoms with E-state index in [1.807, 2.05) is 12.1 Å². The molecule has 0 aromatic heterocycles. The average molecular weight is 765 g/mol. The summed E-state index contributed by atoms with van der Waals surface area (Å²) in [4.78, 5) is 22.7. The highest BCUT2D eigenvalue weighted by Gasteiger charge is 2.20. The predicted octanol–water partition coefficient (Wildman–Crippen LogP) is 8.20. The Morgan fingerprint density at radius 1 is 0.554 bits per heavy atom. The van der Waals surface area contributed by atoms with Gasteiger partial charge in [-0.25, -0.2) is 9.59 Å². The minimum absolute atomic E-state index is 0.0163. The van der Waals surface area contributed by atoms with E-state index in [1.165, 1.54) is 25.3 Å². The largest absolute Gasteiger partial charge is 0.489 e. The zero-order valence-corrected chi connectivity index (χ0v) is 33.3. The molecule has 0 fully saturated rings. The van der Waals surface area contributed by atoms with Crippen LogP contribution in [-0.4, -0.2) is 49.2 Å². The third-order valence-electron chi connectivity index (χ3n) is 9.30. The van der Waals surface area contributed by atoms with Crippen LogP contribution >= 0.6 is 0 Å². The molecule has 12 heteroatoms. The van der Waals surface area contributed by atoms with Crippen molar-refractivity contribution in [3.05, 3.63) is 130 Å².